The summed E-state index contributed by atoms with van der Waals surface area (Å²) in [5, 5.41) is 0. The van der Waals surface area contributed by atoms with Crippen molar-refractivity contribution in [2.75, 3.05) is 18.8 Å². The maximum atomic E-state index is 12.1. The molecule has 1 aliphatic rings. The minimum atomic E-state index is -3.05. The van der Waals surface area contributed by atoms with Gasteiger partial charge in [-0.2, -0.15) is 0 Å². The first-order valence-corrected chi connectivity index (χ1v) is 10.0. The zero-order valence-electron chi connectivity index (χ0n) is 13.9. The van der Waals surface area contributed by atoms with Gasteiger partial charge in [0.2, 0.25) is 10.0 Å². The first-order valence-electron chi connectivity index (χ1n) is 8.41. The Bertz CT molecular complexity index is 774. The number of piperidine rings is 1. The molecule has 3 rings (SSSR count). The number of nitrogens with zero attached hydrogens (tertiary/aromatic N) is 3. The summed E-state index contributed by atoms with van der Waals surface area (Å²) in [5.41, 5.74) is 2.21. The molecule has 0 atom stereocenters. The lowest BCUT2D eigenvalue weighted by Gasteiger charge is -2.31. The summed E-state index contributed by atoms with van der Waals surface area (Å²) in [6, 6.07) is 8.20. The fraction of sp³-hybridized carbons (Fsp3) is 0.588. The van der Waals surface area contributed by atoms with Crippen LogP contribution in [0.1, 0.15) is 32.0 Å². The van der Waals surface area contributed by atoms with Crippen molar-refractivity contribution in [3.05, 3.63) is 30.1 Å². The van der Waals surface area contributed by atoms with E-state index < -0.39 is 10.0 Å². The SMILES string of the molecule is CCCS(=O)(=O)N1CCC(Cn2c(C)nc3ccccc32)CC1. The Morgan fingerprint density at radius 2 is 1.91 bits per heavy atom. The lowest BCUT2D eigenvalue weighted by Crippen LogP contribution is -2.40. The van der Waals surface area contributed by atoms with Crippen LogP contribution in [0, 0.1) is 12.8 Å². The van der Waals surface area contributed by atoms with Crippen molar-refractivity contribution in [1.29, 1.82) is 0 Å². The standard InChI is InChI=1S/C17H25N3O2S/c1-3-12-23(21,22)19-10-8-15(9-11-19)13-20-14(2)18-16-6-4-5-7-17(16)20/h4-7,15H,3,8-13H2,1-2H3. The molecule has 0 amide bonds. The van der Waals surface area contributed by atoms with E-state index in [-0.39, 0.29) is 5.75 Å². The Hall–Kier alpha value is -1.40. The third-order valence-corrected chi connectivity index (χ3v) is 6.79. The smallest absolute Gasteiger partial charge is 0.214 e. The maximum Gasteiger partial charge on any atom is 0.214 e. The molecule has 0 spiro atoms. The molecular weight excluding hydrogens is 310 g/mol. The van der Waals surface area contributed by atoms with Crippen molar-refractivity contribution in [3.63, 3.8) is 0 Å². The first kappa shape index (κ1) is 16.5. The van der Waals surface area contributed by atoms with Gasteiger partial charge in [-0.05, 0) is 44.2 Å². The van der Waals surface area contributed by atoms with Crippen LogP contribution in [0.5, 0.6) is 0 Å². The van der Waals surface area contributed by atoms with Crippen LogP contribution in [0.3, 0.4) is 0 Å². The molecule has 23 heavy (non-hydrogen) atoms. The Labute approximate surface area is 138 Å². The molecule has 1 aromatic heterocycles. The summed E-state index contributed by atoms with van der Waals surface area (Å²) in [5.74, 6) is 1.81. The number of rotatable bonds is 5. The predicted molar refractivity (Wildman–Crippen MR) is 92.8 cm³/mol. The molecule has 1 aliphatic heterocycles. The molecule has 0 unspecified atom stereocenters. The van der Waals surface area contributed by atoms with E-state index in [0.717, 1.165) is 30.7 Å². The van der Waals surface area contributed by atoms with Crippen molar-refractivity contribution >= 4 is 21.1 Å². The second kappa shape index (κ2) is 6.61. The molecule has 0 radical (unpaired) electrons. The highest BCUT2D eigenvalue weighted by Gasteiger charge is 2.27. The van der Waals surface area contributed by atoms with E-state index in [9.17, 15) is 8.42 Å². The third-order valence-electron chi connectivity index (χ3n) is 4.72. The Morgan fingerprint density at radius 3 is 2.61 bits per heavy atom. The van der Waals surface area contributed by atoms with Gasteiger partial charge in [-0.15, -0.1) is 0 Å². The highest BCUT2D eigenvalue weighted by atomic mass is 32.2. The van der Waals surface area contributed by atoms with Crippen LogP contribution in [0.4, 0.5) is 0 Å². The Morgan fingerprint density at radius 1 is 1.22 bits per heavy atom. The van der Waals surface area contributed by atoms with Gasteiger partial charge in [-0.3, -0.25) is 0 Å². The molecule has 1 saturated heterocycles. The quantitative estimate of drug-likeness (QED) is 0.844. The van der Waals surface area contributed by atoms with Crippen molar-refractivity contribution in [3.8, 4) is 0 Å². The second-order valence-corrected chi connectivity index (χ2v) is 8.51. The maximum absolute atomic E-state index is 12.1. The fourth-order valence-electron chi connectivity index (χ4n) is 3.44. The van der Waals surface area contributed by atoms with E-state index in [1.807, 2.05) is 32.0 Å². The molecule has 5 nitrogen and oxygen atoms in total. The second-order valence-electron chi connectivity index (χ2n) is 6.42. The third kappa shape index (κ3) is 3.43. The summed E-state index contributed by atoms with van der Waals surface area (Å²) in [6.07, 6.45) is 2.53. The van der Waals surface area contributed by atoms with Crippen molar-refractivity contribution < 1.29 is 8.42 Å². The van der Waals surface area contributed by atoms with Crippen molar-refractivity contribution in [2.45, 2.75) is 39.7 Å². The zero-order valence-corrected chi connectivity index (χ0v) is 14.7. The lowest BCUT2D eigenvalue weighted by atomic mass is 9.98. The van der Waals surface area contributed by atoms with Crippen molar-refractivity contribution in [1.82, 2.24) is 13.9 Å². The van der Waals surface area contributed by atoms with E-state index in [1.165, 1.54) is 5.52 Å². The minimum absolute atomic E-state index is 0.267. The number of fused-ring (bicyclic) bond motifs is 1. The van der Waals surface area contributed by atoms with Gasteiger partial charge in [-0.25, -0.2) is 17.7 Å². The summed E-state index contributed by atoms with van der Waals surface area (Å²) >= 11 is 0. The molecule has 0 aliphatic carbocycles. The molecule has 1 aromatic carbocycles. The van der Waals surface area contributed by atoms with E-state index >= 15 is 0 Å². The number of sulfonamides is 1. The van der Waals surface area contributed by atoms with E-state index in [1.54, 1.807) is 4.31 Å². The van der Waals surface area contributed by atoms with Crippen LogP contribution in [0.2, 0.25) is 0 Å². The van der Waals surface area contributed by atoms with Gasteiger partial charge in [0.1, 0.15) is 5.82 Å². The van der Waals surface area contributed by atoms with Crippen LogP contribution in [-0.2, 0) is 16.6 Å². The van der Waals surface area contributed by atoms with Gasteiger partial charge in [0.15, 0.2) is 0 Å². The van der Waals surface area contributed by atoms with Gasteiger partial charge in [-0.1, -0.05) is 19.1 Å². The number of aryl methyl sites for hydroxylation is 1. The Balaban J connectivity index is 1.68. The number of imidazole rings is 1. The normalized spacial score (nSPS) is 17.8. The first-order chi connectivity index (χ1) is 11.0. The fourth-order valence-corrected chi connectivity index (χ4v) is 4.98. The molecule has 0 N–H and O–H groups in total. The van der Waals surface area contributed by atoms with Crippen LogP contribution in [0.25, 0.3) is 11.0 Å². The van der Waals surface area contributed by atoms with Crippen LogP contribution >= 0.6 is 0 Å². The van der Waals surface area contributed by atoms with Crippen LogP contribution in [-0.4, -0.2) is 41.1 Å². The average Bonchev–Trinajstić information content (AvgIpc) is 2.84. The molecule has 0 saturated carbocycles. The Kier molecular flexibility index (Phi) is 4.73. The molecule has 2 heterocycles. The molecule has 6 heteroatoms. The molecule has 126 valence electrons. The van der Waals surface area contributed by atoms with Gasteiger partial charge >= 0.3 is 0 Å². The molecule has 0 bridgehead atoms. The highest BCUT2D eigenvalue weighted by molar-refractivity contribution is 7.89. The summed E-state index contributed by atoms with van der Waals surface area (Å²) in [4.78, 5) is 4.61. The summed E-state index contributed by atoms with van der Waals surface area (Å²) < 4.78 is 28.2. The van der Waals surface area contributed by atoms with E-state index in [4.69, 9.17) is 0 Å². The zero-order chi connectivity index (χ0) is 16.4. The van der Waals surface area contributed by atoms with Gasteiger partial charge < -0.3 is 4.57 Å². The molecular formula is C17H25N3O2S. The van der Waals surface area contributed by atoms with Gasteiger partial charge in [0.25, 0.3) is 0 Å². The number of para-hydroxylation sites is 2. The monoisotopic (exact) mass is 335 g/mol. The lowest BCUT2D eigenvalue weighted by molar-refractivity contribution is 0.253. The largest absolute Gasteiger partial charge is 0.328 e. The number of aromatic nitrogens is 2. The van der Waals surface area contributed by atoms with E-state index in [2.05, 4.69) is 15.6 Å². The number of hydrogen-bond donors (Lipinski definition) is 0. The highest BCUT2D eigenvalue weighted by Crippen LogP contribution is 2.24. The van der Waals surface area contributed by atoms with Crippen LogP contribution < -0.4 is 0 Å². The topological polar surface area (TPSA) is 55.2 Å². The number of benzene rings is 1. The average molecular weight is 335 g/mol. The molecule has 2 aromatic rings. The minimum Gasteiger partial charge on any atom is -0.328 e. The predicted octanol–water partition coefficient (Wildman–Crippen LogP) is 2.80. The number of hydrogen-bond acceptors (Lipinski definition) is 3. The summed E-state index contributed by atoms with van der Waals surface area (Å²) in [7, 11) is -3.05. The van der Waals surface area contributed by atoms with E-state index in [0.29, 0.717) is 25.4 Å². The van der Waals surface area contributed by atoms with Crippen LogP contribution in [0.15, 0.2) is 24.3 Å². The summed E-state index contributed by atoms with van der Waals surface area (Å²) in [6.45, 7) is 6.18. The van der Waals surface area contributed by atoms with Gasteiger partial charge in [0, 0.05) is 19.6 Å². The van der Waals surface area contributed by atoms with Crippen molar-refractivity contribution in [2.24, 2.45) is 5.92 Å². The van der Waals surface area contributed by atoms with Gasteiger partial charge in [0.05, 0.1) is 16.8 Å². The molecule has 1 fully saturated rings.